The smallest absolute Gasteiger partial charge is 0.112 e. The molecule has 0 unspecified atom stereocenters. The molecule has 10 heavy (non-hydrogen) atoms. The van der Waals surface area contributed by atoms with Crippen molar-refractivity contribution in [2.24, 2.45) is 5.73 Å². The third-order valence-corrected chi connectivity index (χ3v) is 2.42. The minimum absolute atomic E-state index is 0.279. The van der Waals surface area contributed by atoms with Crippen LogP contribution in [0.2, 0.25) is 0 Å². The van der Waals surface area contributed by atoms with Crippen LogP contribution in [-0.4, -0.2) is 4.98 Å². The van der Waals surface area contributed by atoms with Crippen LogP contribution in [0.4, 0.5) is 0 Å². The summed E-state index contributed by atoms with van der Waals surface area (Å²) in [4.78, 5) is 5.40. The highest BCUT2D eigenvalue weighted by Gasteiger charge is 2.17. The number of thiazole rings is 1. The van der Waals surface area contributed by atoms with E-state index >= 15 is 0 Å². The molecule has 56 valence electrons. The number of nitrogens with zero attached hydrogens (tertiary/aromatic N) is 1. The molecule has 0 radical (unpaired) electrons. The minimum atomic E-state index is -0.279. The van der Waals surface area contributed by atoms with Crippen LogP contribution >= 0.6 is 11.3 Å². The van der Waals surface area contributed by atoms with Crippen LogP contribution < -0.4 is 5.73 Å². The second kappa shape index (κ2) is 2.32. The normalized spacial score (nSPS) is 12.0. The summed E-state index contributed by atoms with van der Waals surface area (Å²) < 4.78 is 0. The van der Waals surface area contributed by atoms with E-state index in [4.69, 9.17) is 5.73 Å². The van der Waals surface area contributed by atoms with Crippen LogP contribution in [-0.2, 0) is 5.54 Å². The Hall–Kier alpha value is -0.410. The van der Waals surface area contributed by atoms with Gasteiger partial charge >= 0.3 is 0 Å². The number of nitrogens with two attached hydrogens (primary N) is 1. The third kappa shape index (κ3) is 1.55. The molecule has 1 rings (SSSR count). The Morgan fingerprint density at radius 2 is 2.20 bits per heavy atom. The maximum absolute atomic E-state index is 5.82. The molecule has 0 aromatic carbocycles. The van der Waals surface area contributed by atoms with Gasteiger partial charge < -0.3 is 5.73 Å². The molecule has 0 fully saturated rings. The highest BCUT2D eigenvalue weighted by Crippen LogP contribution is 2.21. The van der Waals surface area contributed by atoms with Crippen molar-refractivity contribution in [2.45, 2.75) is 26.3 Å². The minimum Gasteiger partial charge on any atom is -0.320 e. The lowest BCUT2D eigenvalue weighted by atomic mass is 10.1. The fraction of sp³-hybridized carbons (Fsp3) is 0.571. The molecule has 1 aromatic rings. The molecule has 1 aromatic heterocycles. The van der Waals surface area contributed by atoms with E-state index in [0.717, 1.165) is 5.01 Å². The van der Waals surface area contributed by atoms with Crippen LogP contribution in [0, 0.1) is 6.92 Å². The lowest BCUT2D eigenvalue weighted by molar-refractivity contribution is 0.550. The van der Waals surface area contributed by atoms with Crippen molar-refractivity contribution in [3.63, 3.8) is 0 Å². The second-order valence-electron chi connectivity index (χ2n) is 3.00. The lowest BCUT2D eigenvalue weighted by Gasteiger charge is -2.13. The Bertz CT molecular complexity index is 222. The van der Waals surface area contributed by atoms with E-state index in [-0.39, 0.29) is 5.54 Å². The van der Waals surface area contributed by atoms with Gasteiger partial charge in [-0.3, -0.25) is 0 Å². The summed E-state index contributed by atoms with van der Waals surface area (Å²) in [6, 6.07) is 0. The van der Waals surface area contributed by atoms with Crippen molar-refractivity contribution in [1.29, 1.82) is 0 Å². The molecule has 0 amide bonds. The van der Waals surface area contributed by atoms with Gasteiger partial charge in [0.05, 0.1) is 5.54 Å². The van der Waals surface area contributed by atoms with Gasteiger partial charge in [0, 0.05) is 11.1 Å². The first-order chi connectivity index (χ1) is 4.50. The van der Waals surface area contributed by atoms with Gasteiger partial charge in [-0.05, 0) is 20.8 Å². The first kappa shape index (κ1) is 7.69. The van der Waals surface area contributed by atoms with Crippen molar-refractivity contribution in [1.82, 2.24) is 4.98 Å². The highest BCUT2D eigenvalue weighted by atomic mass is 32.1. The molecule has 0 bridgehead atoms. The molecule has 1 heterocycles. The van der Waals surface area contributed by atoms with Gasteiger partial charge in [0.15, 0.2) is 0 Å². The van der Waals surface area contributed by atoms with E-state index in [2.05, 4.69) is 4.98 Å². The van der Waals surface area contributed by atoms with Crippen molar-refractivity contribution < 1.29 is 0 Å². The molecular weight excluding hydrogens is 144 g/mol. The lowest BCUT2D eigenvalue weighted by Crippen LogP contribution is -2.28. The van der Waals surface area contributed by atoms with Crippen LogP contribution in [0.3, 0.4) is 0 Å². The van der Waals surface area contributed by atoms with Gasteiger partial charge in [-0.15, -0.1) is 11.3 Å². The Balaban J connectivity index is 2.96. The topological polar surface area (TPSA) is 38.9 Å². The third-order valence-electron chi connectivity index (χ3n) is 1.17. The fourth-order valence-corrected chi connectivity index (χ4v) is 1.43. The van der Waals surface area contributed by atoms with E-state index in [1.165, 1.54) is 4.88 Å². The second-order valence-corrected chi connectivity index (χ2v) is 4.23. The zero-order chi connectivity index (χ0) is 7.78. The fourth-order valence-electron chi connectivity index (χ4n) is 0.653. The molecule has 0 aliphatic heterocycles. The van der Waals surface area contributed by atoms with Gasteiger partial charge in [-0.1, -0.05) is 0 Å². The Labute approximate surface area is 65.1 Å². The average molecular weight is 156 g/mol. The summed E-state index contributed by atoms with van der Waals surface area (Å²) in [6.45, 7) is 5.96. The van der Waals surface area contributed by atoms with Gasteiger partial charge in [0.2, 0.25) is 0 Å². The van der Waals surface area contributed by atoms with Crippen molar-refractivity contribution in [3.8, 4) is 0 Å². The molecule has 0 atom stereocenters. The van der Waals surface area contributed by atoms with Crippen molar-refractivity contribution in [3.05, 3.63) is 16.1 Å². The zero-order valence-corrected chi connectivity index (χ0v) is 7.33. The Kier molecular flexibility index (Phi) is 1.79. The van der Waals surface area contributed by atoms with Crippen molar-refractivity contribution >= 4 is 11.3 Å². The molecule has 0 aliphatic carbocycles. The molecule has 2 nitrogen and oxygen atoms in total. The first-order valence-corrected chi connectivity index (χ1v) is 4.03. The van der Waals surface area contributed by atoms with Crippen LogP contribution in [0.25, 0.3) is 0 Å². The molecule has 0 saturated heterocycles. The van der Waals surface area contributed by atoms with E-state index in [0.29, 0.717) is 0 Å². The monoisotopic (exact) mass is 156 g/mol. The number of hydrogen-bond donors (Lipinski definition) is 1. The SMILES string of the molecule is Cc1cnc(C(C)(C)N)s1. The van der Waals surface area contributed by atoms with E-state index in [1.54, 1.807) is 11.3 Å². The summed E-state index contributed by atoms with van der Waals surface area (Å²) in [5, 5.41) is 1.00. The predicted molar refractivity (Wildman–Crippen MR) is 44.1 cm³/mol. The van der Waals surface area contributed by atoms with Gasteiger partial charge in [-0.25, -0.2) is 4.98 Å². The van der Waals surface area contributed by atoms with Gasteiger partial charge in [0.25, 0.3) is 0 Å². The summed E-state index contributed by atoms with van der Waals surface area (Å²) in [7, 11) is 0. The highest BCUT2D eigenvalue weighted by molar-refractivity contribution is 7.11. The van der Waals surface area contributed by atoms with Crippen LogP contribution in [0.5, 0.6) is 0 Å². The summed E-state index contributed by atoms with van der Waals surface area (Å²) in [5.74, 6) is 0. The van der Waals surface area contributed by atoms with E-state index in [1.807, 2.05) is 27.0 Å². The van der Waals surface area contributed by atoms with Crippen LogP contribution in [0.1, 0.15) is 23.7 Å². The van der Waals surface area contributed by atoms with E-state index < -0.39 is 0 Å². The first-order valence-electron chi connectivity index (χ1n) is 3.22. The van der Waals surface area contributed by atoms with Gasteiger partial charge in [0.1, 0.15) is 5.01 Å². The summed E-state index contributed by atoms with van der Waals surface area (Å²) in [5.41, 5.74) is 5.54. The molecule has 0 aliphatic rings. The Morgan fingerprint density at radius 1 is 1.60 bits per heavy atom. The molecule has 3 heteroatoms. The Morgan fingerprint density at radius 3 is 2.40 bits per heavy atom. The molecule has 0 saturated carbocycles. The standard InChI is InChI=1S/C7H12N2S/c1-5-4-9-6(10-5)7(2,3)8/h4H,8H2,1-3H3. The quantitative estimate of drug-likeness (QED) is 0.671. The summed E-state index contributed by atoms with van der Waals surface area (Å²) in [6.07, 6.45) is 1.86. The maximum Gasteiger partial charge on any atom is 0.112 e. The molecule has 2 N–H and O–H groups in total. The molecular formula is C7H12N2S. The zero-order valence-electron chi connectivity index (χ0n) is 6.51. The number of aryl methyl sites for hydroxylation is 1. The predicted octanol–water partition coefficient (Wildman–Crippen LogP) is 1.65. The number of aromatic nitrogens is 1. The van der Waals surface area contributed by atoms with E-state index in [9.17, 15) is 0 Å². The number of rotatable bonds is 1. The summed E-state index contributed by atoms with van der Waals surface area (Å²) >= 11 is 1.66. The van der Waals surface area contributed by atoms with Gasteiger partial charge in [-0.2, -0.15) is 0 Å². The number of hydrogen-bond acceptors (Lipinski definition) is 3. The van der Waals surface area contributed by atoms with Crippen LogP contribution in [0.15, 0.2) is 6.20 Å². The largest absolute Gasteiger partial charge is 0.320 e. The van der Waals surface area contributed by atoms with Crippen molar-refractivity contribution in [2.75, 3.05) is 0 Å². The maximum atomic E-state index is 5.82. The average Bonchev–Trinajstić information content (AvgIpc) is 2.11. The molecule has 0 spiro atoms.